The second-order valence-electron chi connectivity index (χ2n) is 4.98. The number of primary amides is 1. The molecule has 1 aromatic carbocycles. The van der Waals surface area contributed by atoms with E-state index in [2.05, 4.69) is 15.6 Å². The molecule has 0 bridgehead atoms. The molecule has 0 aliphatic rings. The Morgan fingerprint density at radius 1 is 1.17 bits per heavy atom. The van der Waals surface area contributed by atoms with Crippen LogP contribution in [0.1, 0.15) is 25.7 Å². The summed E-state index contributed by atoms with van der Waals surface area (Å²) in [5, 5.41) is 8.42. The highest BCUT2D eigenvalue weighted by molar-refractivity contribution is 7.20. The van der Waals surface area contributed by atoms with Gasteiger partial charge < -0.3 is 16.4 Å². The number of carbonyl (C=O) groups is 2. The van der Waals surface area contributed by atoms with Crippen molar-refractivity contribution >= 4 is 50.3 Å². The number of thiazole rings is 1. The lowest BCUT2D eigenvalue weighted by atomic mass is 10.2. The van der Waals surface area contributed by atoms with Crippen LogP contribution >= 0.6 is 22.7 Å². The second kappa shape index (κ2) is 6.81. The Morgan fingerprint density at radius 2 is 1.92 bits per heavy atom. The van der Waals surface area contributed by atoms with Gasteiger partial charge in [0.05, 0.1) is 4.88 Å². The predicted octanol–water partition coefficient (Wildman–Crippen LogP) is 3.61. The molecule has 0 spiro atoms. The van der Waals surface area contributed by atoms with Crippen LogP contribution in [0.4, 0.5) is 15.8 Å². The third kappa shape index (κ3) is 3.61. The number of nitrogens with one attached hydrogen (secondary N) is 2. The van der Waals surface area contributed by atoms with Gasteiger partial charge in [-0.2, -0.15) is 0 Å². The molecule has 8 heteroatoms. The van der Waals surface area contributed by atoms with Crippen LogP contribution in [0.15, 0.2) is 41.8 Å². The SMILES string of the molecule is Cc1ccc(Nc2nc(C(N)=O)c(NC(=O)c3cccs3)s2)cc1. The standard InChI is InChI=1S/C16H14N4O2S2/c1-9-4-6-10(7-5-9)18-16-19-12(13(17)21)15(24-16)20-14(22)11-3-2-8-23-11/h2-8H,1H3,(H2,17,21)(H,18,19)(H,20,22). The van der Waals surface area contributed by atoms with Crippen molar-refractivity contribution in [1.29, 1.82) is 0 Å². The molecule has 0 radical (unpaired) electrons. The monoisotopic (exact) mass is 358 g/mol. The Bertz CT molecular complexity index is 870. The summed E-state index contributed by atoms with van der Waals surface area (Å²) in [7, 11) is 0. The normalized spacial score (nSPS) is 10.4. The fourth-order valence-electron chi connectivity index (χ4n) is 1.96. The highest BCUT2D eigenvalue weighted by atomic mass is 32.1. The van der Waals surface area contributed by atoms with Crippen LogP contribution in [0.5, 0.6) is 0 Å². The lowest BCUT2D eigenvalue weighted by Crippen LogP contribution is -2.16. The van der Waals surface area contributed by atoms with Gasteiger partial charge in [0.15, 0.2) is 10.8 Å². The lowest BCUT2D eigenvalue weighted by molar-refractivity contribution is 0.0997. The number of thiophene rings is 1. The van der Waals surface area contributed by atoms with E-state index in [-0.39, 0.29) is 11.6 Å². The minimum atomic E-state index is -0.690. The molecule has 2 heterocycles. The van der Waals surface area contributed by atoms with Crippen LogP contribution in [-0.4, -0.2) is 16.8 Å². The minimum Gasteiger partial charge on any atom is -0.364 e. The van der Waals surface area contributed by atoms with E-state index >= 15 is 0 Å². The number of benzene rings is 1. The summed E-state index contributed by atoms with van der Waals surface area (Å²) >= 11 is 2.48. The molecule has 2 aromatic heterocycles. The topological polar surface area (TPSA) is 97.1 Å². The summed E-state index contributed by atoms with van der Waals surface area (Å²) in [6.07, 6.45) is 0. The number of nitrogens with zero attached hydrogens (tertiary/aromatic N) is 1. The fraction of sp³-hybridized carbons (Fsp3) is 0.0625. The van der Waals surface area contributed by atoms with Gasteiger partial charge in [0.2, 0.25) is 0 Å². The van der Waals surface area contributed by atoms with E-state index in [1.54, 1.807) is 17.5 Å². The first-order chi connectivity index (χ1) is 11.5. The zero-order valence-electron chi connectivity index (χ0n) is 12.7. The van der Waals surface area contributed by atoms with Gasteiger partial charge >= 0.3 is 0 Å². The maximum atomic E-state index is 12.2. The highest BCUT2D eigenvalue weighted by Gasteiger charge is 2.19. The number of hydrogen-bond acceptors (Lipinski definition) is 6. The van der Waals surface area contributed by atoms with E-state index in [0.29, 0.717) is 15.0 Å². The van der Waals surface area contributed by atoms with Crippen molar-refractivity contribution in [2.24, 2.45) is 5.73 Å². The minimum absolute atomic E-state index is 0.0412. The molecule has 0 atom stereocenters. The third-order valence-electron chi connectivity index (χ3n) is 3.14. The molecule has 2 amide bonds. The molecule has 0 saturated heterocycles. The Morgan fingerprint density at radius 3 is 2.54 bits per heavy atom. The summed E-state index contributed by atoms with van der Waals surface area (Å²) in [5.74, 6) is -0.984. The van der Waals surface area contributed by atoms with Gasteiger partial charge in [-0.05, 0) is 30.5 Å². The molecule has 3 rings (SSSR count). The van der Waals surface area contributed by atoms with Crippen molar-refractivity contribution in [2.75, 3.05) is 10.6 Å². The smallest absolute Gasteiger partial charge is 0.270 e. The molecule has 0 saturated carbocycles. The Kier molecular flexibility index (Phi) is 4.59. The Hall–Kier alpha value is -2.71. The van der Waals surface area contributed by atoms with Crippen molar-refractivity contribution in [1.82, 2.24) is 4.98 Å². The number of nitrogens with two attached hydrogens (primary N) is 1. The zero-order valence-corrected chi connectivity index (χ0v) is 14.3. The van der Waals surface area contributed by atoms with Gasteiger partial charge in [0, 0.05) is 5.69 Å². The molecule has 0 unspecified atom stereocenters. The number of anilines is 3. The van der Waals surface area contributed by atoms with Gasteiger partial charge in [-0.1, -0.05) is 35.1 Å². The molecule has 3 aromatic rings. The number of amides is 2. The van der Waals surface area contributed by atoms with E-state index < -0.39 is 5.91 Å². The first-order valence-corrected chi connectivity index (χ1v) is 8.72. The summed E-state index contributed by atoms with van der Waals surface area (Å²) < 4.78 is 0. The maximum Gasteiger partial charge on any atom is 0.270 e. The van der Waals surface area contributed by atoms with E-state index in [0.717, 1.165) is 22.6 Å². The van der Waals surface area contributed by atoms with Crippen molar-refractivity contribution in [2.45, 2.75) is 6.92 Å². The van der Waals surface area contributed by atoms with Gasteiger partial charge in [0.25, 0.3) is 11.8 Å². The Labute approximate surface area is 146 Å². The fourth-order valence-corrected chi connectivity index (χ4v) is 3.46. The van der Waals surface area contributed by atoms with Crippen molar-refractivity contribution in [3.63, 3.8) is 0 Å². The quantitative estimate of drug-likeness (QED) is 0.649. The van der Waals surface area contributed by atoms with Crippen molar-refractivity contribution in [3.05, 3.63) is 57.9 Å². The summed E-state index contributed by atoms with van der Waals surface area (Å²) in [6.45, 7) is 2.00. The third-order valence-corrected chi connectivity index (χ3v) is 4.89. The van der Waals surface area contributed by atoms with Gasteiger partial charge in [0.1, 0.15) is 5.00 Å². The number of aromatic nitrogens is 1. The van der Waals surface area contributed by atoms with Crippen molar-refractivity contribution < 1.29 is 9.59 Å². The van der Waals surface area contributed by atoms with Gasteiger partial charge in [-0.3, -0.25) is 9.59 Å². The second-order valence-corrected chi connectivity index (χ2v) is 6.93. The van der Waals surface area contributed by atoms with Crippen LogP contribution in [0.2, 0.25) is 0 Å². The predicted molar refractivity (Wildman–Crippen MR) is 97.4 cm³/mol. The molecule has 4 N–H and O–H groups in total. The van der Waals surface area contributed by atoms with E-state index in [1.807, 2.05) is 31.2 Å². The van der Waals surface area contributed by atoms with Gasteiger partial charge in [-0.15, -0.1) is 11.3 Å². The maximum absolute atomic E-state index is 12.2. The van der Waals surface area contributed by atoms with Gasteiger partial charge in [-0.25, -0.2) is 4.98 Å². The van der Waals surface area contributed by atoms with E-state index in [4.69, 9.17) is 5.73 Å². The number of hydrogen-bond donors (Lipinski definition) is 3. The zero-order chi connectivity index (χ0) is 17.1. The first-order valence-electron chi connectivity index (χ1n) is 7.02. The average molecular weight is 358 g/mol. The molecule has 24 heavy (non-hydrogen) atoms. The van der Waals surface area contributed by atoms with Crippen LogP contribution in [0.3, 0.4) is 0 Å². The largest absolute Gasteiger partial charge is 0.364 e. The van der Waals surface area contributed by atoms with E-state index in [9.17, 15) is 9.59 Å². The number of aryl methyl sites for hydroxylation is 1. The molecule has 0 aliphatic heterocycles. The molecule has 0 aliphatic carbocycles. The number of rotatable bonds is 5. The molecular weight excluding hydrogens is 344 g/mol. The average Bonchev–Trinajstić information content (AvgIpc) is 3.19. The highest BCUT2D eigenvalue weighted by Crippen LogP contribution is 2.31. The molecule has 6 nitrogen and oxygen atoms in total. The van der Waals surface area contributed by atoms with Crippen LogP contribution in [0, 0.1) is 6.92 Å². The Balaban J connectivity index is 1.83. The van der Waals surface area contributed by atoms with Crippen LogP contribution < -0.4 is 16.4 Å². The molecule has 0 fully saturated rings. The lowest BCUT2D eigenvalue weighted by Gasteiger charge is -2.02. The van der Waals surface area contributed by atoms with E-state index in [1.165, 1.54) is 11.3 Å². The molecule has 122 valence electrons. The van der Waals surface area contributed by atoms with Crippen molar-refractivity contribution in [3.8, 4) is 0 Å². The summed E-state index contributed by atoms with van der Waals surface area (Å²) in [4.78, 5) is 28.5. The summed E-state index contributed by atoms with van der Waals surface area (Å²) in [5.41, 5.74) is 7.38. The summed E-state index contributed by atoms with van der Waals surface area (Å²) in [6, 6.07) is 11.2. The van der Waals surface area contributed by atoms with Crippen LogP contribution in [-0.2, 0) is 0 Å². The molecular formula is C16H14N4O2S2. The first kappa shape index (κ1) is 16.2. The number of carbonyl (C=O) groups excluding carboxylic acids is 2. The van der Waals surface area contributed by atoms with Crippen LogP contribution in [0.25, 0.3) is 0 Å².